The lowest BCUT2D eigenvalue weighted by Crippen LogP contribution is -2.36. The van der Waals surface area contributed by atoms with Crippen LogP contribution in [0.3, 0.4) is 0 Å². The highest BCUT2D eigenvalue weighted by atomic mass is 16.5. The zero-order valence-electron chi connectivity index (χ0n) is 15.7. The van der Waals surface area contributed by atoms with Gasteiger partial charge in [0.2, 0.25) is 5.91 Å². The molecule has 1 fully saturated rings. The van der Waals surface area contributed by atoms with Gasteiger partial charge >= 0.3 is 0 Å². The summed E-state index contributed by atoms with van der Waals surface area (Å²) in [6, 6.07) is 13.8. The van der Waals surface area contributed by atoms with E-state index in [1.807, 2.05) is 37.3 Å². The minimum atomic E-state index is -0.323. The summed E-state index contributed by atoms with van der Waals surface area (Å²) in [5.41, 5.74) is 5.38. The third-order valence-corrected chi connectivity index (χ3v) is 4.79. The predicted octanol–water partition coefficient (Wildman–Crippen LogP) is 3.58. The maximum Gasteiger partial charge on any atom is 0.246 e. The summed E-state index contributed by atoms with van der Waals surface area (Å²) in [6.45, 7) is 9.36. The van der Waals surface area contributed by atoms with Crippen LogP contribution in [0.2, 0.25) is 0 Å². The van der Waals surface area contributed by atoms with Crippen LogP contribution in [0.15, 0.2) is 42.5 Å². The molecule has 1 amide bonds. The highest BCUT2D eigenvalue weighted by Gasteiger charge is 2.14. The summed E-state index contributed by atoms with van der Waals surface area (Å²) >= 11 is 0. The van der Waals surface area contributed by atoms with Gasteiger partial charge in [-0.15, -0.1) is 0 Å². The lowest BCUT2D eigenvalue weighted by Gasteiger charge is -2.29. The summed E-state index contributed by atoms with van der Waals surface area (Å²) in [5.74, 6) is -0.0534. The third kappa shape index (κ3) is 4.55. The fourth-order valence-corrected chi connectivity index (χ4v) is 2.97. The number of hydrogen-bond donors (Lipinski definition) is 2. The highest BCUT2D eigenvalue weighted by molar-refractivity contribution is 5.96. The summed E-state index contributed by atoms with van der Waals surface area (Å²) in [5, 5.41) is 6.23. The van der Waals surface area contributed by atoms with Gasteiger partial charge in [-0.25, -0.2) is 0 Å². The molecule has 2 aromatic carbocycles. The largest absolute Gasteiger partial charge is 0.378 e. The van der Waals surface area contributed by atoms with Crippen LogP contribution in [0.4, 0.5) is 17.1 Å². The minimum absolute atomic E-state index is 0.0534. The Bertz CT molecular complexity index is 752. The van der Waals surface area contributed by atoms with Crippen LogP contribution in [-0.4, -0.2) is 38.3 Å². The number of anilines is 3. The van der Waals surface area contributed by atoms with Crippen molar-refractivity contribution in [1.29, 1.82) is 0 Å². The molecular weight excluding hydrogens is 326 g/mol. The highest BCUT2D eigenvalue weighted by Crippen LogP contribution is 2.20. The van der Waals surface area contributed by atoms with E-state index in [1.165, 1.54) is 11.1 Å². The topological polar surface area (TPSA) is 53.6 Å². The maximum atomic E-state index is 12.5. The predicted molar refractivity (Wildman–Crippen MR) is 107 cm³/mol. The van der Waals surface area contributed by atoms with Crippen molar-refractivity contribution in [2.24, 2.45) is 0 Å². The number of rotatable bonds is 5. The van der Waals surface area contributed by atoms with Crippen LogP contribution in [0.25, 0.3) is 0 Å². The van der Waals surface area contributed by atoms with E-state index in [0.717, 1.165) is 43.4 Å². The second kappa shape index (κ2) is 8.23. The summed E-state index contributed by atoms with van der Waals surface area (Å²) in [6.07, 6.45) is 0. The second-order valence-corrected chi connectivity index (χ2v) is 6.80. The molecule has 1 aliphatic heterocycles. The number of morpholine rings is 1. The van der Waals surface area contributed by atoms with Crippen molar-refractivity contribution in [3.63, 3.8) is 0 Å². The molecule has 1 heterocycles. The quantitative estimate of drug-likeness (QED) is 0.863. The molecule has 138 valence electrons. The number of carbonyl (C=O) groups is 1. The Balaban J connectivity index is 1.57. The minimum Gasteiger partial charge on any atom is -0.378 e. The number of nitrogens with one attached hydrogen (secondary N) is 2. The Labute approximate surface area is 155 Å². The van der Waals surface area contributed by atoms with Crippen LogP contribution in [0.5, 0.6) is 0 Å². The van der Waals surface area contributed by atoms with Gasteiger partial charge in [0.15, 0.2) is 0 Å². The molecule has 3 rings (SSSR count). The Morgan fingerprint density at radius 2 is 1.65 bits per heavy atom. The van der Waals surface area contributed by atoms with Crippen molar-refractivity contribution < 1.29 is 9.53 Å². The van der Waals surface area contributed by atoms with E-state index in [2.05, 4.69) is 41.5 Å². The number of ether oxygens (including phenoxy) is 1. The molecule has 0 bridgehead atoms. The van der Waals surface area contributed by atoms with Crippen molar-refractivity contribution >= 4 is 23.0 Å². The van der Waals surface area contributed by atoms with Crippen LogP contribution in [-0.2, 0) is 9.53 Å². The molecule has 5 heteroatoms. The van der Waals surface area contributed by atoms with E-state index >= 15 is 0 Å². The first-order chi connectivity index (χ1) is 12.5. The molecule has 26 heavy (non-hydrogen) atoms. The Morgan fingerprint density at radius 1 is 1.00 bits per heavy atom. The SMILES string of the molecule is Cc1ccc(NC(C)C(=O)Nc2ccc(N3CCOCC3)cc2)cc1C. The fraction of sp³-hybridized carbons (Fsp3) is 0.381. The zero-order valence-corrected chi connectivity index (χ0v) is 15.7. The van der Waals surface area contributed by atoms with E-state index in [0.29, 0.717) is 0 Å². The third-order valence-electron chi connectivity index (χ3n) is 4.79. The summed E-state index contributed by atoms with van der Waals surface area (Å²) in [4.78, 5) is 14.7. The van der Waals surface area contributed by atoms with Crippen molar-refractivity contribution in [3.8, 4) is 0 Å². The smallest absolute Gasteiger partial charge is 0.246 e. The normalized spacial score (nSPS) is 15.4. The standard InChI is InChI=1S/C21H27N3O2/c1-15-4-5-19(14-16(15)2)22-17(3)21(25)23-18-6-8-20(9-7-18)24-10-12-26-13-11-24/h4-9,14,17,22H,10-13H2,1-3H3,(H,23,25). The Kier molecular flexibility index (Phi) is 5.78. The molecule has 0 radical (unpaired) electrons. The van der Waals surface area contributed by atoms with Gasteiger partial charge < -0.3 is 20.3 Å². The number of carbonyl (C=O) groups excluding carboxylic acids is 1. The van der Waals surface area contributed by atoms with Crippen molar-refractivity contribution in [3.05, 3.63) is 53.6 Å². The van der Waals surface area contributed by atoms with Gasteiger partial charge in [0.1, 0.15) is 6.04 Å². The van der Waals surface area contributed by atoms with Crippen molar-refractivity contribution in [2.75, 3.05) is 41.8 Å². The van der Waals surface area contributed by atoms with E-state index in [4.69, 9.17) is 4.74 Å². The lowest BCUT2D eigenvalue weighted by molar-refractivity contribution is -0.116. The Morgan fingerprint density at radius 3 is 2.31 bits per heavy atom. The molecule has 1 unspecified atom stereocenters. The first kappa shape index (κ1) is 18.3. The van der Waals surface area contributed by atoms with Gasteiger partial charge in [-0.2, -0.15) is 0 Å². The van der Waals surface area contributed by atoms with Crippen LogP contribution >= 0.6 is 0 Å². The van der Waals surface area contributed by atoms with Gasteiger partial charge in [0.25, 0.3) is 0 Å². The van der Waals surface area contributed by atoms with Gasteiger partial charge in [-0.3, -0.25) is 4.79 Å². The van der Waals surface area contributed by atoms with Crippen LogP contribution < -0.4 is 15.5 Å². The number of hydrogen-bond acceptors (Lipinski definition) is 4. The average Bonchev–Trinajstić information content (AvgIpc) is 2.66. The Hall–Kier alpha value is -2.53. The fourth-order valence-electron chi connectivity index (χ4n) is 2.97. The molecule has 1 saturated heterocycles. The van der Waals surface area contributed by atoms with Crippen LogP contribution in [0.1, 0.15) is 18.1 Å². The number of nitrogens with zero attached hydrogens (tertiary/aromatic N) is 1. The van der Waals surface area contributed by atoms with Gasteiger partial charge in [0.05, 0.1) is 13.2 Å². The van der Waals surface area contributed by atoms with Crippen molar-refractivity contribution in [2.45, 2.75) is 26.8 Å². The molecule has 1 aliphatic rings. The van der Waals surface area contributed by atoms with Gasteiger partial charge in [-0.1, -0.05) is 6.07 Å². The molecular formula is C21H27N3O2. The first-order valence-corrected chi connectivity index (χ1v) is 9.10. The van der Waals surface area contributed by atoms with Gasteiger partial charge in [0, 0.05) is 30.2 Å². The van der Waals surface area contributed by atoms with Crippen LogP contribution in [0, 0.1) is 13.8 Å². The summed E-state index contributed by atoms with van der Waals surface area (Å²) < 4.78 is 5.38. The molecule has 2 N–H and O–H groups in total. The number of amides is 1. The number of aryl methyl sites for hydroxylation is 2. The molecule has 0 aliphatic carbocycles. The molecule has 2 aromatic rings. The van der Waals surface area contributed by atoms with E-state index in [1.54, 1.807) is 0 Å². The van der Waals surface area contributed by atoms with Crippen molar-refractivity contribution in [1.82, 2.24) is 0 Å². The van der Waals surface area contributed by atoms with E-state index in [9.17, 15) is 4.79 Å². The number of benzene rings is 2. The molecule has 0 spiro atoms. The first-order valence-electron chi connectivity index (χ1n) is 9.10. The maximum absolute atomic E-state index is 12.5. The lowest BCUT2D eigenvalue weighted by atomic mass is 10.1. The molecule has 5 nitrogen and oxygen atoms in total. The average molecular weight is 353 g/mol. The molecule has 0 saturated carbocycles. The monoisotopic (exact) mass is 353 g/mol. The van der Waals surface area contributed by atoms with E-state index < -0.39 is 0 Å². The molecule has 0 aromatic heterocycles. The molecule has 1 atom stereocenters. The zero-order chi connectivity index (χ0) is 18.5. The summed E-state index contributed by atoms with van der Waals surface area (Å²) in [7, 11) is 0. The van der Waals surface area contributed by atoms with Gasteiger partial charge in [-0.05, 0) is 68.3 Å². The second-order valence-electron chi connectivity index (χ2n) is 6.80. The van der Waals surface area contributed by atoms with E-state index in [-0.39, 0.29) is 11.9 Å².